The fourth-order valence-corrected chi connectivity index (χ4v) is 4.86. The highest BCUT2D eigenvalue weighted by atomic mass is 35.5. The van der Waals surface area contributed by atoms with Crippen LogP contribution in [0.2, 0.25) is 10.0 Å². The van der Waals surface area contributed by atoms with E-state index in [9.17, 15) is 14.9 Å². The van der Waals surface area contributed by atoms with Crippen LogP contribution in [0.1, 0.15) is 27.3 Å². The Morgan fingerprint density at radius 1 is 1.09 bits per heavy atom. The SMILES string of the molecule is Cc1ccccc1CSc1nnc(CNC(=O)c2ccc([N+](=O)[O-])cc2)n1-c1ccc(Cl)cc1Cl. The number of aryl methyl sites for hydroxylation is 1. The lowest BCUT2D eigenvalue weighted by atomic mass is 10.1. The number of rotatable bonds is 8. The summed E-state index contributed by atoms with van der Waals surface area (Å²) in [6, 6.07) is 18.6. The van der Waals surface area contributed by atoms with Crippen LogP contribution in [0, 0.1) is 17.0 Å². The standard InChI is InChI=1S/C24H19Cl2N5O3S/c1-15-4-2-3-5-17(15)14-35-24-29-28-22(30(24)21-11-8-18(25)12-20(21)26)13-27-23(32)16-6-9-19(10-7-16)31(33)34/h2-12H,13-14H2,1H3,(H,27,32). The Kier molecular flexibility index (Phi) is 7.70. The first-order chi connectivity index (χ1) is 16.8. The molecule has 0 spiro atoms. The smallest absolute Gasteiger partial charge is 0.269 e. The zero-order valence-electron chi connectivity index (χ0n) is 18.4. The molecule has 0 bridgehead atoms. The summed E-state index contributed by atoms with van der Waals surface area (Å²) < 4.78 is 1.79. The molecule has 11 heteroatoms. The van der Waals surface area contributed by atoms with Crippen molar-refractivity contribution in [3.05, 3.63) is 109 Å². The second-order valence-corrected chi connectivity index (χ2v) is 9.32. The molecule has 35 heavy (non-hydrogen) atoms. The van der Waals surface area contributed by atoms with Crippen LogP contribution < -0.4 is 5.32 Å². The van der Waals surface area contributed by atoms with Gasteiger partial charge in [0.1, 0.15) is 0 Å². The van der Waals surface area contributed by atoms with E-state index in [0.717, 1.165) is 0 Å². The first-order valence-electron chi connectivity index (χ1n) is 10.4. The Balaban J connectivity index is 1.59. The molecule has 0 radical (unpaired) electrons. The molecule has 1 amide bonds. The molecule has 1 aromatic heterocycles. The third-order valence-electron chi connectivity index (χ3n) is 5.22. The highest BCUT2D eigenvalue weighted by molar-refractivity contribution is 7.98. The van der Waals surface area contributed by atoms with Crippen LogP contribution in [0.25, 0.3) is 5.69 Å². The number of aromatic nitrogens is 3. The average molecular weight is 528 g/mol. The summed E-state index contributed by atoms with van der Waals surface area (Å²) in [6.45, 7) is 2.11. The highest BCUT2D eigenvalue weighted by Gasteiger charge is 2.19. The van der Waals surface area contributed by atoms with Gasteiger partial charge in [-0.25, -0.2) is 0 Å². The third kappa shape index (κ3) is 5.82. The van der Waals surface area contributed by atoms with Gasteiger partial charge < -0.3 is 5.32 Å². The van der Waals surface area contributed by atoms with Crippen molar-refractivity contribution < 1.29 is 9.72 Å². The van der Waals surface area contributed by atoms with Crippen LogP contribution >= 0.6 is 35.0 Å². The number of carbonyl (C=O) groups excluding carboxylic acids is 1. The summed E-state index contributed by atoms with van der Waals surface area (Å²) in [6.07, 6.45) is 0. The summed E-state index contributed by atoms with van der Waals surface area (Å²) in [7, 11) is 0. The van der Waals surface area contributed by atoms with E-state index in [4.69, 9.17) is 23.2 Å². The molecule has 0 aliphatic heterocycles. The van der Waals surface area contributed by atoms with Crippen LogP contribution in [0.5, 0.6) is 0 Å². The van der Waals surface area contributed by atoms with Crippen molar-refractivity contribution in [2.24, 2.45) is 0 Å². The first kappa shape index (κ1) is 24.7. The molecule has 0 aliphatic carbocycles. The van der Waals surface area contributed by atoms with E-state index in [0.29, 0.717) is 38.0 Å². The van der Waals surface area contributed by atoms with Crippen molar-refractivity contribution in [1.29, 1.82) is 0 Å². The number of halogens is 2. The maximum absolute atomic E-state index is 12.6. The predicted molar refractivity (Wildman–Crippen MR) is 136 cm³/mol. The maximum atomic E-state index is 12.6. The Morgan fingerprint density at radius 2 is 1.83 bits per heavy atom. The molecule has 0 saturated heterocycles. The average Bonchev–Trinajstić information content (AvgIpc) is 3.24. The van der Waals surface area contributed by atoms with Crippen LogP contribution in [0.3, 0.4) is 0 Å². The van der Waals surface area contributed by atoms with Crippen molar-refractivity contribution in [2.75, 3.05) is 0 Å². The molecule has 0 fully saturated rings. The lowest BCUT2D eigenvalue weighted by molar-refractivity contribution is -0.384. The molecule has 8 nitrogen and oxygen atoms in total. The summed E-state index contributed by atoms with van der Waals surface area (Å²) >= 11 is 14.1. The topological polar surface area (TPSA) is 103 Å². The predicted octanol–water partition coefficient (Wildman–Crippen LogP) is 6.01. The lowest BCUT2D eigenvalue weighted by Gasteiger charge is -2.13. The van der Waals surface area contributed by atoms with Crippen molar-refractivity contribution in [3.8, 4) is 5.69 Å². The third-order valence-corrected chi connectivity index (χ3v) is 6.73. The number of amides is 1. The fourth-order valence-electron chi connectivity index (χ4n) is 3.32. The second kappa shape index (κ2) is 10.9. The second-order valence-electron chi connectivity index (χ2n) is 7.53. The van der Waals surface area contributed by atoms with Gasteiger partial charge in [0, 0.05) is 28.5 Å². The van der Waals surface area contributed by atoms with Crippen molar-refractivity contribution in [1.82, 2.24) is 20.1 Å². The summed E-state index contributed by atoms with van der Waals surface area (Å²) in [5.41, 5.74) is 3.18. The number of carbonyl (C=O) groups is 1. The summed E-state index contributed by atoms with van der Waals surface area (Å²) in [5, 5.41) is 23.8. The minimum absolute atomic E-state index is 0.0622. The number of thioether (sulfide) groups is 1. The molecule has 4 rings (SSSR count). The van der Waals surface area contributed by atoms with Gasteiger partial charge in [0.15, 0.2) is 11.0 Å². The molecule has 0 aliphatic rings. The lowest BCUT2D eigenvalue weighted by Crippen LogP contribution is -2.24. The van der Waals surface area contributed by atoms with E-state index < -0.39 is 10.8 Å². The van der Waals surface area contributed by atoms with E-state index in [-0.39, 0.29) is 12.2 Å². The summed E-state index contributed by atoms with van der Waals surface area (Å²) in [4.78, 5) is 23.0. The molecule has 1 heterocycles. The Labute approximate surface area is 215 Å². The molecule has 178 valence electrons. The van der Waals surface area contributed by atoms with E-state index >= 15 is 0 Å². The van der Waals surface area contributed by atoms with E-state index in [1.54, 1.807) is 22.8 Å². The summed E-state index contributed by atoms with van der Waals surface area (Å²) in [5.74, 6) is 0.744. The maximum Gasteiger partial charge on any atom is 0.269 e. The Bertz CT molecular complexity index is 1390. The quantitative estimate of drug-likeness (QED) is 0.171. The zero-order valence-corrected chi connectivity index (χ0v) is 20.8. The van der Waals surface area contributed by atoms with Gasteiger partial charge in [-0.15, -0.1) is 10.2 Å². The normalized spacial score (nSPS) is 10.8. The van der Waals surface area contributed by atoms with Crippen molar-refractivity contribution >= 4 is 46.6 Å². The number of nitrogens with one attached hydrogen (secondary N) is 1. The van der Waals surface area contributed by atoms with Crippen molar-refractivity contribution in [3.63, 3.8) is 0 Å². The monoisotopic (exact) mass is 527 g/mol. The number of hydrogen-bond acceptors (Lipinski definition) is 6. The van der Waals surface area contributed by atoms with Crippen LogP contribution in [0.15, 0.2) is 71.9 Å². The zero-order chi connectivity index (χ0) is 24.9. The molecule has 0 atom stereocenters. The van der Waals surface area contributed by atoms with Gasteiger partial charge in [0.05, 0.1) is 22.2 Å². The number of nitrogens with zero attached hydrogens (tertiary/aromatic N) is 4. The van der Waals surface area contributed by atoms with Gasteiger partial charge in [0.2, 0.25) is 0 Å². The first-order valence-corrected chi connectivity index (χ1v) is 12.2. The largest absolute Gasteiger partial charge is 0.345 e. The molecular weight excluding hydrogens is 509 g/mol. The highest BCUT2D eigenvalue weighted by Crippen LogP contribution is 2.31. The Hall–Kier alpha value is -3.40. The number of non-ortho nitro benzene ring substituents is 1. The number of hydrogen-bond donors (Lipinski definition) is 1. The van der Waals surface area contributed by atoms with Crippen LogP contribution in [-0.2, 0) is 12.3 Å². The molecule has 3 aromatic carbocycles. The molecule has 0 saturated carbocycles. The van der Waals surface area contributed by atoms with Crippen LogP contribution in [-0.4, -0.2) is 25.6 Å². The number of nitro groups is 1. The van der Waals surface area contributed by atoms with Gasteiger partial charge in [-0.3, -0.25) is 19.5 Å². The van der Waals surface area contributed by atoms with Gasteiger partial charge in [-0.05, 0) is 48.4 Å². The van der Waals surface area contributed by atoms with Crippen molar-refractivity contribution in [2.45, 2.75) is 24.4 Å². The van der Waals surface area contributed by atoms with Gasteiger partial charge in [-0.2, -0.15) is 0 Å². The Morgan fingerprint density at radius 3 is 2.51 bits per heavy atom. The molecule has 4 aromatic rings. The fraction of sp³-hybridized carbons (Fsp3) is 0.125. The van der Waals surface area contributed by atoms with Gasteiger partial charge in [0.25, 0.3) is 11.6 Å². The van der Waals surface area contributed by atoms with E-state index in [1.807, 2.05) is 12.1 Å². The van der Waals surface area contributed by atoms with Crippen LogP contribution in [0.4, 0.5) is 5.69 Å². The van der Waals surface area contributed by atoms with E-state index in [1.165, 1.54) is 47.2 Å². The number of benzene rings is 3. The molecule has 1 N–H and O–H groups in total. The minimum atomic E-state index is -0.518. The van der Waals surface area contributed by atoms with Gasteiger partial charge >= 0.3 is 0 Å². The van der Waals surface area contributed by atoms with Gasteiger partial charge in [-0.1, -0.05) is 59.2 Å². The minimum Gasteiger partial charge on any atom is -0.345 e. The van der Waals surface area contributed by atoms with E-state index in [2.05, 4.69) is 34.6 Å². The molecular formula is C24H19Cl2N5O3S. The molecule has 0 unspecified atom stereocenters. The number of nitro benzene ring substituents is 1.